The van der Waals surface area contributed by atoms with Crippen molar-refractivity contribution in [2.45, 2.75) is 26.0 Å². The van der Waals surface area contributed by atoms with Crippen LogP contribution in [0.1, 0.15) is 13.3 Å². The van der Waals surface area contributed by atoms with Gasteiger partial charge in [0.05, 0.1) is 12.3 Å². The summed E-state index contributed by atoms with van der Waals surface area (Å²) in [6.07, 6.45) is 3.55. The number of aliphatic hydroxyl groups excluding tert-OH is 2. The highest BCUT2D eigenvalue weighted by Gasteiger charge is 2.51. The Morgan fingerprint density at radius 1 is 1.48 bits per heavy atom. The second-order valence-corrected chi connectivity index (χ2v) is 8.13. The Morgan fingerprint density at radius 3 is 2.83 bits per heavy atom. The molecule has 29 heavy (non-hydrogen) atoms. The molecule has 1 aromatic rings. The Balaban J connectivity index is 1.93. The van der Waals surface area contributed by atoms with Gasteiger partial charge in [0.2, 0.25) is 6.35 Å². The molecule has 0 aliphatic carbocycles. The maximum atomic E-state index is 13.3. The van der Waals surface area contributed by atoms with Crippen molar-refractivity contribution in [3.8, 4) is 6.07 Å². The minimum Gasteiger partial charge on any atom is -0.365 e. The first kappa shape index (κ1) is 21.4. The average molecular weight is 421 g/mol. The molecule has 10 heteroatoms. The number of thiazole rings is 1. The lowest BCUT2D eigenvalue weighted by atomic mass is 9.80. The lowest BCUT2D eigenvalue weighted by molar-refractivity contribution is -0.00815. The number of anilines is 1. The van der Waals surface area contributed by atoms with Crippen LogP contribution in [0.3, 0.4) is 0 Å². The smallest absolute Gasteiger partial charge is 0.207 e. The molecular formula is C19H25FN6O2S. The molecule has 2 saturated heterocycles. The third-order valence-corrected chi connectivity index (χ3v) is 6.10. The van der Waals surface area contributed by atoms with Crippen molar-refractivity contribution < 1.29 is 14.6 Å². The van der Waals surface area contributed by atoms with Gasteiger partial charge in [-0.15, -0.1) is 0 Å². The second kappa shape index (κ2) is 8.61. The van der Waals surface area contributed by atoms with E-state index in [1.165, 1.54) is 0 Å². The highest BCUT2D eigenvalue weighted by atomic mass is 32.1. The molecule has 4 N–H and O–H groups in total. The maximum Gasteiger partial charge on any atom is 0.207 e. The van der Waals surface area contributed by atoms with Gasteiger partial charge in [-0.2, -0.15) is 9.65 Å². The SMILES string of the molecule is C=C(C#N)C=C1/C(=C\C)N(C(O)Nc2ncc(F)s2)C[C@]12CCN(C(O)NC)C2. The van der Waals surface area contributed by atoms with Crippen LogP contribution in [-0.4, -0.2) is 64.4 Å². The Hall–Kier alpha value is -2.29. The van der Waals surface area contributed by atoms with Crippen molar-refractivity contribution in [2.24, 2.45) is 5.41 Å². The summed E-state index contributed by atoms with van der Waals surface area (Å²) in [4.78, 5) is 7.58. The van der Waals surface area contributed by atoms with Crippen molar-refractivity contribution in [3.05, 3.63) is 46.9 Å². The molecule has 0 amide bonds. The van der Waals surface area contributed by atoms with Crippen molar-refractivity contribution in [3.63, 3.8) is 0 Å². The van der Waals surface area contributed by atoms with Crippen LogP contribution >= 0.6 is 11.3 Å². The maximum absolute atomic E-state index is 13.3. The lowest BCUT2D eigenvalue weighted by Crippen LogP contribution is -2.45. The first-order valence-corrected chi connectivity index (χ1v) is 10.0. The second-order valence-electron chi connectivity index (χ2n) is 7.15. The van der Waals surface area contributed by atoms with Gasteiger partial charge >= 0.3 is 0 Å². The predicted molar refractivity (Wildman–Crippen MR) is 109 cm³/mol. The van der Waals surface area contributed by atoms with Gasteiger partial charge < -0.3 is 20.4 Å². The molecule has 0 aromatic carbocycles. The van der Waals surface area contributed by atoms with E-state index >= 15 is 0 Å². The van der Waals surface area contributed by atoms with Crippen LogP contribution in [0.2, 0.25) is 0 Å². The zero-order valence-corrected chi connectivity index (χ0v) is 17.2. The molecule has 2 aliphatic rings. The Labute approximate surface area is 173 Å². The third kappa shape index (κ3) is 4.19. The lowest BCUT2D eigenvalue weighted by Gasteiger charge is -2.29. The van der Waals surface area contributed by atoms with Gasteiger partial charge in [0.1, 0.15) is 0 Å². The summed E-state index contributed by atoms with van der Waals surface area (Å²) < 4.78 is 13.3. The van der Waals surface area contributed by atoms with E-state index in [2.05, 4.69) is 28.3 Å². The van der Waals surface area contributed by atoms with Crippen LogP contribution in [0.15, 0.2) is 41.8 Å². The molecule has 0 saturated carbocycles. The largest absolute Gasteiger partial charge is 0.365 e. The molecule has 0 bridgehead atoms. The number of nitrogens with zero attached hydrogens (tertiary/aromatic N) is 4. The molecule has 2 aliphatic heterocycles. The van der Waals surface area contributed by atoms with Crippen LogP contribution in [-0.2, 0) is 0 Å². The highest BCUT2D eigenvalue weighted by molar-refractivity contribution is 7.13. The number of hydrogen-bond acceptors (Lipinski definition) is 9. The molecule has 8 nitrogen and oxygen atoms in total. The van der Waals surface area contributed by atoms with E-state index in [-0.39, 0.29) is 5.13 Å². The monoisotopic (exact) mass is 420 g/mol. The molecule has 1 spiro atoms. The Morgan fingerprint density at radius 2 is 2.24 bits per heavy atom. The normalized spacial score (nSPS) is 27.0. The van der Waals surface area contributed by atoms with E-state index in [0.29, 0.717) is 25.2 Å². The summed E-state index contributed by atoms with van der Waals surface area (Å²) in [5.41, 5.74) is 1.58. The minimum absolute atomic E-state index is 0.275. The van der Waals surface area contributed by atoms with Gasteiger partial charge in [0, 0.05) is 36.3 Å². The zero-order valence-electron chi connectivity index (χ0n) is 16.4. The molecule has 2 fully saturated rings. The topological polar surface area (TPSA) is 108 Å². The van der Waals surface area contributed by atoms with Gasteiger partial charge in [-0.25, -0.2) is 4.98 Å². The molecule has 3 heterocycles. The van der Waals surface area contributed by atoms with Crippen LogP contribution in [0.5, 0.6) is 0 Å². The van der Waals surface area contributed by atoms with Gasteiger partial charge in [0.15, 0.2) is 16.6 Å². The fraction of sp³-hybridized carbons (Fsp3) is 0.474. The molecular weight excluding hydrogens is 395 g/mol. The number of allylic oxidation sites excluding steroid dienone is 4. The van der Waals surface area contributed by atoms with E-state index in [1.54, 1.807) is 18.0 Å². The summed E-state index contributed by atoms with van der Waals surface area (Å²) in [5.74, 6) is 0. The summed E-state index contributed by atoms with van der Waals surface area (Å²) in [6, 6.07) is 2.05. The van der Waals surface area contributed by atoms with Crippen molar-refractivity contribution in [1.82, 2.24) is 20.1 Å². The van der Waals surface area contributed by atoms with Crippen molar-refractivity contribution >= 4 is 16.5 Å². The fourth-order valence-electron chi connectivity index (χ4n) is 4.05. The molecule has 3 rings (SSSR count). The molecule has 3 atom stereocenters. The Kier molecular flexibility index (Phi) is 6.36. The fourth-order valence-corrected chi connectivity index (χ4v) is 4.61. The van der Waals surface area contributed by atoms with E-state index in [0.717, 1.165) is 35.2 Å². The summed E-state index contributed by atoms with van der Waals surface area (Å²) in [7, 11) is 1.68. The Bertz CT molecular complexity index is 878. The van der Waals surface area contributed by atoms with Crippen molar-refractivity contribution in [2.75, 3.05) is 32.0 Å². The first-order chi connectivity index (χ1) is 13.8. The molecule has 0 radical (unpaired) electrons. The number of halogens is 1. The van der Waals surface area contributed by atoms with E-state index in [4.69, 9.17) is 0 Å². The molecule has 156 valence electrons. The van der Waals surface area contributed by atoms with Crippen LogP contribution in [0.4, 0.5) is 9.52 Å². The number of likely N-dealkylation sites (tertiary alicyclic amines) is 2. The summed E-state index contributed by atoms with van der Waals surface area (Å²) in [6.45, 7) is 7.31. The van der Waals surface area contributed by atoms with E-state index in [1.807, 2.05) is 17.9 Å². The summed E-state index contributed by atoms with van der Waals surface area (Å²) in [5, 5.41) is 35.8. The number of rotatable bonds is 6. The van der Waals surface area contributed by atoms with Gasteiger partial charge in [0.25, 0.3) is 0 Å². The quantitative estimate of drug-likeness (QED) is 0.404. The molecule has 1 aromatic heterocycles. The number of nitrogens with one attached hydrogen (secondary N) is 2. The van der Waals surface area contributed by atoms with Gasteiger partial charge in [-0.3, -0.25) is 10.2 Å². The van der Waals surface area contributed by atoms with Gasteiger partial charge in [-0.05, 0) is 32.0 Å². The third-order valence-electron chi connectivity index (χ3n) is 5.38. The number of aromatic nitrogens is 1. The average Bonchev–Trinajstić information content (AvgIpc) is 3.40. The highest BCUT2D eigenvalue weighted by Crippen LogP contribution is 2.49. The van der Waals surface area contributed by atoms with E-state index < -0.39 is 23.2 Å². The number of nitriles is 1. The first-order valence-electron chi connectivity index (χ1n) is 9.23. The van der Waals surface area contributed by atoms with Crippen molar-refractivity contribution in [1.29, 1.82) is 5.26 Å². The van der Waals surface area contributed by atoms with Crippen LogP contribution in [0, 0.1) is 21.9 Å². The van der Waals surface area contributed by atoms with Gasteiger partial charge in [-0.1, -0.05) is 24.0 Å². The van der Waals surface area contributed by atoms with Crippen LogP contribution in [0.25, 0.3) is 0 Å². The predicted octanol–water partition coefficient (Wildman–Crippen LogP) is 1.38. The molecule has 2 unspecified atom stereocenters. The number of aliphatic hydroxyl groups is 2. The van der Waals surface area contributed by atoms with Crippen LogP contribution < -0.4 is 10.6 Å². The summed E-state index contributed by atoms with van der Waals surface area (Å²) >= 11 is 0.813. The zero-order chi connectivity index (χ0) is 21.2. The van der Waals surface area contributed by atoms with E-state index in [9.17, 15) is 19.9 Å². The standard InChI is InChI=1S/C19H25FN6O2S/c1-4-14-13(7-12(2)8-21)19(5-6-25(10-19)17(27)22-3)11-26(14)18(28)24-16-23-9-15(20)29-16/h4,7,9,17-18,22,27-28H,2,5-6,10-11H2,1,3H3,(H,23,24)/b13-7?,14-4+/t17?,18?,19-/m1/s1. The minimum atomic E-state index is -1.13. The number of hydrogen-bond donors (Lipinski definition) is 4.